The summed E-state index contributed by atoms with van der Waals surface area (Å²) >= 11 is 0. The maximum absolute atomic E-state index is 13.4. The Labute approximate surface area is 127 Å². The summed E-state index contributed by atoms with van der Waals surface area (Å²) in [6.45, 7) is 5.74. The first kappa shape index (κ1) is 20.3. The average molecular weight is 308 g/mol. The van der Waals surface area contributed by atoms with E-state index < -0.39 is 18.0 Å². The summed E-state index contributed by atoms with van der Waals surface area (Å²) in [4.78, 5) is 11.0. The van der Waals surface area contributed by atoms with Crippen LogP contribution < -0.4 is 0 Å². The van der Waals surface area contributed by atoms with E-state index in [0.717, 1.165) is 25.2 Å². The van der Waals surface area contributed by atoms with Gasteiger partial charge in [0.05, 0.1) is 6.61 Å². The molecule has 0 saturated carbocycles. The second kappa shape index (κ2) is 10.9. The van der Waals surface area contributed by atoms with Gasteiger partial charge >= 0.3 is 11.9 Å². The third-order valence-corrected chi connectivity index (χ3v) is 3.48. The first-order valence-electron chi connectivity index (χ1n) is 8.05. The average Bonchev–Trinajstić information content (AvgIpc) is 2.41. The molecule has 1 unspecified atom stereocenters. The zero-order valence-corrected chi connectivity index (χ0v) is 13.5. The summed E-state index contributed by atoms with van der Waals surface area (Å²) in [5, 5.41) is 9.42. The normalized spacial score (nSPS) is 13.5. The lowest BCUT2D eigenvalue weighted by Gasteiger charge is -2.20. The van der Waals surface area contributed by atoms with Gasteiger partial charge in [-0.15, -0.1) is 0 Å². The molecule has 0 radical (unpaired) electrons. The lowest BCUT2D eigenvalue weighted by Crippen LogP contribution is -2.42. The summed E-state index contributed by atoms with van der Waals surface area (Å²) in [5.41, 5.74) is 0. The van der Waals surface area contributed by atoms with Crippen LogP contribution in [0.2, 0.25) is 0 Å². The van der Waals surface area contributed by atoms with E-state index in [9.17, 15) is 18.7 Å². The van der Waals surface area contributed by atoms with Crippen LogP contribution in [0.15, 0.2) is 0 Å². The van der Waals surface area contributed by atoms with Gasteiger partial charge in [0, 0.05) is 0 Å². The summed E-state index contributed by atoms with van der Waals surface area (Å²) in [5.74, 6) is -4.70. The van der Waals surface area contributed by atoms with Crippen LogP contribution in [0.3, 0.4) is 0 Å². The molecule has 0 aromatic heterocycles. The van der Waals surface area contributed by atoms with Gasteiger partial charge in [-0.3, -0.25) is 0 Å². The third kappa shape index (κ3) is 9.02. The standard InChI is InChI=1S/C16H30F2O3/c1-4-21-15(20)16(17,18)14(19)12-10-8-6-5-7-9-11-13(2)3/h13-14,19H,4-12H2,1-3H3. The number of unbranched alkanes of at least 4 members (excludes halogenated alkanes) is 5. The number of halogens is 2. The molecule has 0 aromatic rings. The molecule has 0 aliphatic carbocycles. The predicted octanol–water partition coefficient (Wildman–Crippen LogP) is 4.32. The number of carbonyl (C=O) groups excluding carboxylic acids is 1. The van der Waals surface area contributed by atoms with Crippen molar-refractivity contribution in [3.63, 3.8) is 0 Å². The number of rotatable bonds is 12. The van der Waals surface area contributed by atoms with Crippen molar-refractivity contribution in [1.29, 1.82) is 0 Å². The van der Waals surface area contributed by atoms with Crippen LogP contribution in [0.1, 0.15) is 72.1 Å². The van der Waals surface area contributed by atoms with Crippen LogP contribution in [0, 0.1) is 5.92 Å². The molecule has 0 rings (SSSR count). The van der Waals surface area contributed by atoms with Crippen molar-refractivity contribution in [1.82, 2.24) is 0 Å². The predicted molar refractivity (Wildman–Crippen MR) is 79.4 cm³/mol. The van der Waals surface area contributed by atoms with Crippen LogP contribution >= 0.6 is 0 Å². The second-order valence-electron chi connectivity index (χ2n) is 5.95. The number of alkyl halides is 2. The van der Waals surface area contributed by atoms with E-state index in [1.807, 2.05) is 0 Å². The Kier molecular flexibility index (Phi) is 10.6. The SMILES string of the molecule is CCOC(=O)C(F)(F)C(O)CCCCCCCCC(C)C. The maximum atomic E-state index is 13.4. The molecule has 1 N–H and O–H groups in total. The molecule has 5 heteroatoms. The molecule has 3 nitrogen and oxygen atoms in total. The van der Waals surface area contributed by atoms with E-state index in [0.29, 0.717) is 6.42 Å². The molecule has 0 fully saturated rings. The first-order chi connectivity index (χ1) is 9.82. The van der Waals surface area contributed by atoms with Gasteiger partial charge in [-0.05, 0) is 19.3 Å². The fraction of sp³-hybridized carbons (Fsp3) is 0.938. The number of aliphatic hydroxyl groups is 1. The lowest BCUT2D eigenvalue weighted by molar-refractivity contribution is -0.188. The van der Waals surface area contributed by atoms with Crippen LogP contribution in [-0.4, -0.2) is 29.7 Å². The molecule has 0 aliphatic rings. The number of esters is 1. The van der Waals surface area contributed by atoms with Gasteiger partial charge in [-0.25, -0.2) is 4.79 Å². The number of hydrogen-bond acceptors (Lipinski definition) is 3. The highest BCUT2D eigenvalue weighted by molar-refractivity contribution is 5.78. The van der Waals surface area contributed by atoms with Crippen LogP contribution in [0.25, 0.3) is 0 Å². The Hall–Kier alpha value is -0.710. The number of ether oxygens (including phenoxy) is 1. The fourth-order valence-electron chi connectivity index (χ4n) is 2.14. The summed E-state index contributed by atoms with van der Waals surface area (Å²) in [6.07, 6.45) is 4.96. The molecule has 126 valence electrons. The molecule has 0 amide bonds. The van der Waals surface area contributed by atoms with Gasteiger partial charge in [-0.1, -0.05) is 58.8 Å². The Morgan fingerprint density at radius 2 is 1.52 bits per heavy atom. The van der Waals surface area contributed by atoms with E-state index in [-0.39, 0.29) is 13.0 Å². The van der Waals surface area contributed by atoms with Crippen LogP contribution in [0.4, 0.5) is 8.78 Å². The van der Waals surface area contributed by atoms with Gasteiger partial charge in [0.1, 0.15) is 6.10 Å². The summed E-state index contributed by atoms with van der Waals surface area (Å²) in [7, 11) is 0. The molecule has 0 saturated heterocycles. The minimum atomic E-state index is -3.80. The highest BCUT2D eigenvalue weighted by atomic mass is 19.3. The minimum Gasteiger partial charge on any atom is -0.461 e. The molecule has 1 atom stereocenters. The molecule has 0 bridgehead atoms. The van der Waals surface area contributed by atoms with Gasteiger partial charge in [-0.2, -0.15) is 8.78 Å². The molecular formula is C16H30F2O3. The van der Waals surface area contributed by atoms with Crippen molar-refractivity contribution < 1.29 is 23.4 Å². The Balaban J connectivity index is 3.70. The van der Waals surface area contributed by atoms with Crippen molar-refractivity contribution in [2.75, 3.05) is 6.61 Å². The topological polar surface area (TPSA) is 46.5 Å². The van der Waals surface area contributed by atoms with Crippen molar-refractivity contribution in [3.05, 3.63) is 0 Å². The zero-order valence-electron chi connectivity index (χ0n) is 13.5. The fourth-order valence-corrected chi connectivity index (χ4v) is 2.14. The zero-order chi connectivity index (χ0) is 16.3. The number of aliphatic hydroxyl groups excluding tert-OH is 1. The number of hydrogen-bond donors (Lipinski definition) is 1. The van der Waals surface area contributed by atoms with Crippen molar-refractivity contribution >= 4 is 5.97 Å². The van der Waals surface area contributed by atoms with E-state index in [4.69, 9.17) is 0 Å². The van der Waals surface area contributed by atoms with Crippen molar-refractivity contribution in [3.8, 4) is 0 Å². The molecule has 0 aliphatic heterocycles. The maximum Gasteiger partial charge on any atom is 0.379 e. The van der Waals surface area contributed by atoms with Gasteiger partial charge in [0.2, 0.25) is 0 Å². The smallest absolute Gasteiger partial charge is 0.379 e. The molecule has 0 spiro atoms. The van der Waals surface area contributed by atoms with E-state index >= 15 is 0 Å². The van der Waals surface area contributed by atoms with E-state index in [1.54, 1.807) is 0 Å². The molecular weight excluding hydrogens is 278 g/mol. The van der Waals surface area contributed by atoms with E-state index in [1.165, 1.54) is 26.2 Å². The van der Waals surface area contributed by atoms with Crippen LogP contribution in [-0.2, 0) is 9.53 Å². The number of carbonyl (C=O) groups is 1. The minimum absolute atomic E-state index is 0.0716. The first-order valence-corrected chi connectivity index (χ1v) is 8.05. The highest BCUT2D eigenvalue weighted by Crippen LogP contribution is 2.25. The van der Waals surface area contributed by atoms with Gasteiger partial charge in [0.25, 0.3) is 0 Å². The van der Waals surface area contributed by atoms with Crippen LogP contribution in [0.5, 0.6) is 0 Å². The largest absolute Gasteiger partial charge is 0.461 e. The van der Waals surface area contributed by atoms with Gasteiger partial charge in [0.15, 0.2) is 0 Å². The Morgan fingerprint density at radius 1 is 1.05 bits per heavy atom. The summed E-state index contributed by atoms with van der Waals surface area (Å²) < 4.78 is 31.1. The monoisotopic (exact) mass is 308 g/mol. The molecule has 0 heterocycles. The van der Waals surface area contributed by atoms with Crippen molar-refractivity contribution in [2.24, 2.45) is 5.92 Å². The quantitative estimate of drug-likeness (QED) is 0.431. The van der Waals surface area contributed by atoms with Gasteiger partial charge < -0.3 is 9.84 Å². The highest BCUT2D eigenvalue weighted by Gasteiger charge is 2.47. The molecule has 21 heavy (non-hydrogen) atoms. The van der Waals surface area contributed by atoms with E-state index in [2.05, 4.69) is 18.6 Å². The second-order valence-corrected chi connectivity index (χ2v) is 5.95. The molecule has 0 aromatic carbocycles. The summed E-state index contributed by atoms with van der Waals surface area (Å²) in [6, 6.07) is 0. The van der Waals surface area contributed by atoms with Crippen molar-refractivity contribution in [2.45, 2.75) is 84.2 Å². The Morgan fingerprint density at radius 3 is 2.00 bits per heavy atom. The Bertz CT molecular complexity index is 281. The third-order valence-electron chi connectivity index (χ3n) is 3.48. The lowest BCUT2D eigenvalue weighted by atomic mass is 10.0.